The van der Waals surface area contributed by atoms with Crippen LogP contribution in [0.5, 0.6) is 11.6 Å². The number of benzene rings is 2. The van der Waals surface area contributed by atoms with Crippen molar-refractivity contribution in [3.8, 4) is 35.2 Å². The number of ether oxygens (including phenoxy) is 3. The lowest BCUT2D eigenvalue weighted by Crippen LogP contribution is -2.36. The molecule has 0 saturated carbocycles. The van der Waals surface area contributed by atoms with Crippen molar-refractivity contribution in [2.75, 3.05) is 40.0 Å². The molecule has 0 aliphatic carbocycles. The Morgan fingerprint density at radius 1 is 1.18 bits per heavy atom. The zero-order valence-corrected chi connectivity index (χ0v) is 20.2. The van der Waals surface area contributed by atoms with Crippen LogP contribution in [0.2, 0.25) is 5.02 Å². The molecule has 0 aliphatic rings. The van der Waals surface area contributed by atoms with Gasteiger partial charge in [-0.25, -0.2) is 4.68 Å². The van der Waals surface area contributed by atoms with Crippen LogP contribution in [0.3, 0.4) is 0 Å². The van der Waals surface area contributed by atoms with Gasteiger partial charge in [0, 0.05) is 39.4 Å². The monoisotopic (exact) mass is 483 g/mol. The van der Waals surface area contributed by atoms with Gasteiger partial charge >= 0.3 is 0 Å². The van der Waals surface area contributed by atoms with Gasteiger partial charge in [-0.15, -0.1) is 6.42 Å². The van der Waals surface area contributed by atoms with Crippen LogP contribution in [0.1, 0.15) is 5.56 Å². The lowest BCUT2D eigenvalue weighted by Gasteiger charge is -2.25. The molecule has 0 amide bonds. The molecule has 180 valence electrons. The van der Waals surface area contributed by atoms with Gasteiger partial charge in [-0.05, 0) is 12.1 Å². The molecule has 0 spiro atoms. The van der Waals surface area contributed by atoms with Crippen LogP contribution in [-0.2, 0) is 23.1 Å². The van der Waals surface area contributed by atoms with Gasteiger partial charge in [0.05, 0.1) is 29.9 Å². The fourth-order valence-corrected chi connectivity index (χ4v) is 3.74. The maximum Gasteiger partial charge on any atom is 0.222 e. The number of nitrogens with zero attached hydrogens (tertiary/aromatic N) is 3. The summed E-state index contributed by atoms with van der Waals surface area (Å²) in [6.45, 7) is 2.23. The second-order valence-corrected chi connectivity index (χ2v) is 8.16. The first-order chi connectivity index (χ1) is 16.5. The molecular formula is C26H30ClN3O4. The minimum Gasteiger partial charge on any atom is -0.437 e. The zero-order valence-electron chi connectivity index (χ0n) is 19.5. The Balaban J connectivity index is 1.95. The van der Waals surface area contributed by atoms with Crippen molar-refractivity contribution in [1.29, 1.82) is 0 Å². The summed E-state index contributed by atoms with van der Waals surface area (Å²) >= 11 is 6.36. The van der Waals surface area contributed by atoms with E-state index in [9.17, 15) is 5.11 Å². The lowest BCUT2D eigenvalue weighted by atomic mass is 10.1. The predicted molar refractivity (Wildman–Crippen MR) is 133 cm³/mol. The fraction of sp³-hybridized carbons (Fsp3) is 0.346. The highest BCUT2D eigenvalue weighted by Crippen LogP contribution is 2.36. The van der Waals surface area contributed by atoms with E-state index in [0.717, 1.165) is 16.8 Å². The zero-order chi connectivity index (χ0) is 24.3. The van der Waals surface area contributed by atoms with E-state index in [1.165, 1.54) is 0 Å². The largest absolute Gasteiger partial charge is 0.437 e. The summed E-state index contributed by atoms with van der Waals surface area (Å²) in [4.78, 5) is 2.08. The molecule has 0 saturated heterocycles. The number of hydrogen-bond acceptors (Lipinski definition) is 6. The molecule has 1 N–H and O–H groups in total. The molecule has 8 heteroatoms. The number of aromatic nitrogens is 2. The summed E-state index contributed by atoms with van der Waals surface area (Å²) in [5.74, 6) is 3.53. The fourth-order valence-electron chi connectivity index (χ4n) is 3.57. The first kappa shape index (κ1) is 25.8. The van der Waals surface area contributed by atoms with Gasteiger partial charge in [0.1, 0.15) is 18.1 Å². The highest BCUT2D eigenvalue weighted by Gasteiger charge is 2.24. The summed E-state index contributed by atoms with van der Waals surface area (Å²) in [6, 6.07) is 17.2. The second-order valence-electron chi connectivity index (χ2n) is 7.76. The topological polar surface area (TPSA) is 69.0 Å². The van der Waals surface area contributed by atoms with Gasteiger partial charge in [0.15, 0.2) is 0 Å². The predicted octanol–water partition coefficient (Wildman–Crippen LogP) is 3.99. The maximum atomic E-state index is 10.5. The van der Waals surface area contributed by atoms with Gasteiger partial charge < -0.3 is 19.3 Å². The molecule has 1 unspecified atom stereocenters. The van der Waals surface area contributed by atoms with E-state index >= 15 is 0 Å². The first-order valence-corrected chi connectivity index (χ1v) is 11.4. The number of methoxy groups -OCH3 is 1. The van der Waals surface area contributed by atoms with Gasteiger partial charge in [-0.2, -0.15) is 5.10 Å². The van der Waals surface area contributed by atoms with Crippen molar-refractivity contribution in [2.45, 2.75) is 12.6 Å². The molecule has 3 aromatic rings. The van der Waals surface area contributed by atoms with Crippen LogP contribution in [0.15, 0.2) is 54.6 Å². The number of aliphatic hydroxyl groups excluding tert-OH is 1. The van der Waals surface area contributed by atoms with E-state index in [4.69, 9.17) is 37.3 Å². The van der Waals surface area contributed by atoms with Crippen LogP contribution in [0, 0.1) is 12.3 Å². The standard InChI is InChI=1S/C26H30ClN3O4/c1-4-15-33-19-21(31)17-30(14-16-32-3)18-22-25(20-10-6-5-7-11-20)28-29(2)26(22)34-24-13-9-8-12-23(24)27/h1,5-13,21,31H,14-19H2,2-3H3. The summed E-state index contributed by atoms with van der Waals surface area (Å²) < 4.78 is 18.6. The number of rotatable bonds is 13. The van der Waals surface area contributed by atoms with E-state index < -0.39 is 6.10 Å². The van der Waals surface area contributed by atoms with Crippen LogP contribution >= 0.6 is 11.6 Å². The van der Waals surface area contributed by atoms with Crippen LogP contribution in [-0.4, -0.2) is 65.9 Å². The van der Waals surface area contributed by atoms with E-state index in [0.29, 0.717) is 42.9 Å². The number of terminal acetylenes is 1. The van der Waals surface area contributed by atoms with Crippen molar-refractivity contribution in [3.05, 3.63) is 65.2 Å². The summed E-state index contributed by atoms with van der Waals surface area (Å²) in [7, 11) is 3.49. The normalized spacial score (nSPS) is 12.0. The van der Waals surface area contributed by atoms with E-state index in [-0.39, 0.29) is 13.2 Å². The average Bonchev–Trinajstić information content (AvgIpc) is 3.14. The lowest BCUT2D eigenvalue weighted by molar-refractivity contribution is 0.0206. The molecule has 0 fully saturated rings. The third-order valence-corrected chi connectivity index (χ3v) is 5.45. The van der Waals surface area contributed by atoms with E-state index in [2.05, 4.69) is 10.8 Å². The molecule has 34 heavy (non-hydrogen) atoms. The molecule has 0 radical (unpaired) electrons. The number of aryl methyl sites for hydroxylation is 1. The summed E-state index contributed by atoms with van der Waals surface area (Å²) in [6.07, 6.45) is 4.52. The van der Waals surface area contributed by atoms with Gasteiger partial charge in [0.2, 0.25) is 5.88 Å². The SMILES string of the molecule is C#CCOCC(O)CN(CCOC)Cc1c(-c2ccccc2)nn(C)c1Oc1ccccc1Cl. The molecule has 1 heterocycles. The second kappa shape index (κ2) is 13.1. The Morgan fingerprint density at radius 3 is 2.62 bits per heavy atom. The summed E-state index contributed by atoms with van der Waals surface area (Å²) in [5.41, 5.74) is 2.64. The highest BCUT2D eigenvalue weighted by molar-refractivity contribution is 6.32. The van der Waals surface area contributed by atoms with Crippen molar-refractivity contribution in [1.82, 2.24) is 14.7 Å². The van der Waals surface area contributed by atoms with E-state index in [1.54, 1.807) is 17.9 Å². The van der Waals surface area contributed by atoms with Crippen LogP contribution in [0.4, 0.5) is 0 Å². The average molecular weight is 484 g/mol. The Morgan fingerprint density at radius 2 is 1.91 bits per heavy atom. The van der Waals surface area contributed by atoms with E-state index in [1.807, 2.05) is 55.6 Å². The maximum absolute atomic E-state index is 10.5. The van der Waals surface area contributed by atoms with Crippen molar-refractivity contribution < 1.29 is 19.3 Å². The Hall–Kier alpha value is -2.86. The number of aliphatic hydroxyl groups is 1. The quantitative estimate of drug-likeness (QED) is 0.293. The Bertz CT molecular complexity index is 1080. The molecule has 3 rings (SSSR count). The Kier molecular flexibility index (Phi) is 9.95. The molecular weight excluding hydrogens is 454 g/mol. The highest BCUT2D eigenvalue weighted by atomic mass is 35.5. The van der Waals surface area contributed by atoms with Gasteiger partial charge in [-0.3, -0.25) is 4.90 Å². The number of hydrogen-bond donors (Lipinski definition) is 1. The third-order valence-electron chi connectivity index (χ3n) is 5.14. The van der Waals surface area contributed by atoms with Crippen LogP contribution in [0.25, 0.3) is 11.3 Å². The van der Waals surface area contributed by atoms with Gasteiger partial charge in [-0.1, -0.05) is 60.0 Å². The van der Waals surface area contributed by atoms with Crippen molar-refractivity contribution in [2.24, 2.45) is 7.05 Å². The minimum atomic E-state index is -0.713. The molecule has 1 aromatic heterocycles. The van der Waals surface area contributed by atoms with Crippen LogP contribution < -0.4 is 4.74 Å². The Labute approximate surface area is 205 Å². The smallest absolute Gasteiger partial charge is 0.222 e. The minimum absolute atomic E-state index is 0.148. The molecule has 0 bridgehead atoms. The molecule has 1 atom stereocenters. The first-order valence-electron chi connectivity index (χ1n) is 11.0. The van der Waals surface area contributed by atoms with Crippen molar-refractivity contribution in [3.63, 3.8) is 0 Å². The third kappa shape index (κ3) is 7.07. The molecule has 7 nitrogen and oxygen atoms in total. The molecule has 2 aromatic carbocycles. The molecule has 0 aliphatic heterocycles. The van der Waals surface area contributed by atoms with Crippen molar-refractivity contribution >= 4 is 11.6 Å². The van der Waals surface area contributed by atoms with Gasteiger partial charge in [0.25, 0.3) is 0 Å². The summed E-state index contributed by atoms with van der Waals surface area (Å²) in [5, 5.41) is 15.8. The number of halogens is 1. The number of para-hydroxylation sites is 1.